The number of carbonyl (C=O) groups excluding carboxylic acids is 1. The van der Waals surface area contributed by atoms with E-state index in [1.165, 1.54) is 29.8 Å². The first-order chi connectivity index (χ1) is 13.6. The molecule has 4 rings (SSSR count). The van der Waals surface area contributed by atoms with E-state index in [4.69, 9.17) is 4.98 Å². The number of hydrogen-bond donors (Lipinski definition) is 1. The Hall–Kier alpha value is -3.47. The monoisotopic (exact) mass is 373 g/mol. The van der Waals surface area contributed by atoms with E-state index in [1.54, 1.807) is 0 Å². The van der Waals surface area contributed by atoms with Crippen molar-refractivity contribution in [3.63, 3.8) is 0 Å². The van der Waals surface area contributed by atoms with Gasteiger partial charge in [-0.1, -0.05) is 24.3 Å². The highest BCUT2D eigenvalue weighted by atomic mass is 19.1. The van der Waals surface area contributed by atoms with Crippen molar-refractivity contribution in [1.82, 2.24) is 9.55 Å². The average molecular weight is 373 g/mol. The van der Waals surface area contributed by atoms with Gasteiger partial charge in [0.1, 0.15) is 11.6 Å². The van der Waals surface area contributed by atoms with Gasteiger partial charge in [-0.2, -0.15) is 0 Å². The fourth-order valence-electron chi connectivity index (χ4n) is 3.23. The Morgan fingerprint density at radius 2 is 1.68 bits per heavy atom. The van der Waals surface area contributed by atoms with Gasteiger partial charge in [0.25, 0.3) is 5.91 Å². The van der Waals surface area contributed by atoms with Gasteiger partial charge >= 0.3 is 0 Å². The minimum absolute atomic E-state index is 0.257. The summed E-state index contributed by atoms with van der Waals surface area (Å²) in [6, 6.07) is 21.4. The smallest absolute Gasteiger partial charge is 0.255 e. The van der Waals surface area contributed by atoms with Crippen LogP contribution >= 0.6 is 0 Å². The van der Waals surface area contributed by atoms with E-state index in [9.17, 15) is 9.18 Å². The van der Waals surface area contributed by atoms with Crippen LogP contribution in [-0.4, -0.2) is 15.5 Å². The first kappa shape index (κ1) is 17.9. The Morgan fingerprint density at radius 3 is 2.39 bits per heavy atom. The molecule has 0 aliphatic heterocycles. The summed E-state index contributed by atoms with van der Waals surface area (Å²) in [7, 11) is 2.04. The molecular formula is C23H20FN3O. The molecule has 0 atom stereocenters. The number of halogens is 1. The summed E-state index contributed by atoms with van der Waals surface area (Å²) in [6.07, 6.45) is 1.70. The number of nitrogens with one attached hydrogen (secondary N) is 1. The lowest BCUT2D eigenvalue weighted by Gasteiger charge is -2.07. The Labute approximate surface area is 162 Å². The van der Waals surface area contributed by atoms with Crippen molar-refractivity contribution in [3.8, 4) is 0 Å². The summed E-state index contributed by atoms with van der Waals surface area (Å²) < 4.78 is 15.1. The molecule has 0 spiro atoms. The van der Waals surface area contributed by atoms with E-state index in [0.717, 1.165) is 29.7 Å². The first-order valence-electron chi connectivity index (χ1n) is 9.16. The number of para-hydroxylation sites is 2. The van der Waals surface area contributed by atoms with Gasteiger partial charge in [-0.25, -0.2) is 9.37 Å². The number of fused-ring (bicyclic) bond motifs is 1. The standard InChI is InChI=1S/C23H20FN3O/c1-27-21-5-3-2-4-20(21)26-22(27)15-8-16-6-13-19(14-7-16)25-23(28)17-9-11-18(24)12-10-17/h2-7,9-14H,8,15H2,1H3,(H,25,28). The first-order valence-corrected chi connectivity index (χ1v) is 9.16. The Morgan fingerprint density at radius 1 is 0.964 bits per heavy atom. The van der Waals surface area contributed by atoms with Crippen molar-refractivity contribution in [3.05, 3.63) is 95.6 Å². The molecule has 5 heteroatoms. The molecular weight excluding hydrogens is 353 g/mol. The maximum absolute atomic E-state index is 13.0. The summed E-state index contributed by atoms with van der Waals surface area (Å²) in [5.74, 6) is 0.434. The molecule has 0 fully saturated rings. The third-order valence-corrected chi connectivity index (χ3v) is 4.84. The largest absolute Gasteiger partial charge is 0.331 e. The number of aryl methyl sites for hydroxylation is 3. The molecule has 3 aromatic carbocycles. The fourth-order valence-corrected chi connectivity index (χ4v) is 3.23. The van der Waals surface area contributed by atoms with Crippen molar-refractivity contribution < 1.29 is 9.18 Å². The number of nitrogens with zero attached hydrogens (tertiary/aromatic N) is 2. The number of aromatic nitrogens is 2. The van der Waals surface area contributed by atoms with Crippen LogP contribution in [-0.2, 0) is 19.9 Å². The minimum atomic E-state index is -0.360. The number of benzene rings is 3. The molecule has 1 aromatic heterocycles. The predicted octanol–water partition coefficient (Wildman–Crippen LogP) is 4.75. The van der Waals surface area contributed by atoms with Gasteiger partial charge in [0, 0.05) is 24.7 Å². The molecule has 0 saturated carbocycles. The third kappa shape index (κ3) is 3.78. The van der Waals surface area contributed by atoms with Gasteiger partial charge in [-0.3, -0.25) is 4.79 Å². The molecule has 0 saturated heterocycles. The molecule has 1 heterocycles. The molecule has 4 aromatic rings. The van der Waals surface area contributed by atoms with Crippen LogP contribution in [0.2, 0.25) is 0 Å². The van der Waals surface area contributed by atoms with E-state index in [1.807, 2.05) is 49.5 Å². The number of rotatable bonds is 5. The van der Waals surface area contributed by atoms with Gasteiger partial charge in [0.05, 0.1) is 11.0 Å². The van der Waals surface area contributed by atoms with Crippen LogP contribution in [0.4, 0.5) is 10.1 Å². The number of anilines is 1. The lowest BCUT2D eigenvalue weighted by atomic mass is 10.1. The molecule has 0 aliphatic carbocycles. The highest BCUT2D eigenvalue weighted by Gasteiger charge is 2.08. The van der Waals surface area contributed by atoms with Crippen LogP contribution in [0.5, 0.6) is 0 Å². The van der Waals surface area contributed by atoms with Crippen molar-refractivity contribution in [1.29, 1.82) is 0 Å². The molecule has 0 radical (unpaired) electrons. The quantitative estimate of drug-likeness (QED) is 0.549. The summed E-state index contributed by atoms with van der Waals surface area (Å²) >= 11 is 0. The summed E-state index contributed by atoms with van der Waals surface area (Å²) in [4.78, 5) is 16.9. The maximum atomic E-state index is 13.0. The Bertz CT molecular complexity index is 1120. The van der Waals surface area contributed by atoms with Crippen LogP contribution in [0, 0.1) is 5.82 Å². The van der Waals surface area contributed by atoms with Gasteiger partial charge in [-0.15, -0.1) is 0 Å². The van der Waals surface area contributed by atoms with E-state index < -0.39 is 0 Å². The highest BCUT2D eigenvalue weighted by molar-refractivity contribution is 6.04. The second-order valence-corrected chi connectivity index (χ2v) is 6.73. The number of carbonyl (C=O) groups is 1. The molecule has 4 nitrogen and oxygen atoms in total. The van der Waals surface area contributed by atoms with Crippen molar-refractivity contribution in [2.24, 2.45) is 7.05 Å². The SMILES string of the molecule is Cn1c(CCc2ccc(NC(=O)c3ccc(F)cc3)cc2)nc2ccccc21. The zero-order chi connectivity index (χ0) is 19.5. The molecule has 0 unspecified atom stereocenters. The zero-order valence-electron chi connectivity index (χ0n) is 15.5. The van der Waals surface area contributed by atoms with Gasteiger partial charge < -0.3 is 9.88 Å². The summed E-state index contributed by atoms with van der Waals surface area (Å²) in [6.45, 7) is 0. The Kier molecular flexibility index (Phi) is 4.89. The lowest BCUT2D eigenvalue weighted by molar-refractivity contribution is 0.102. The molecule has 28 heavy (non-hydrogen) atoms. The van der Waals surface area contributed by atoms with Crippen molar-refractivity contribution >= 4 is 22.6 Å². The van der Waals surface area contributed by atoms with Crippen LogP contribution in [0.1, 0.15) is 21.7 Å². The van der Waals surface area contributed by atoms with Crippen LogP contribution in [0.3, 0.4) is 0 Å². The van der Waals surface area contributed by atoms with Crippen molar-refractivity contribution in [2.75, 3.05) is 5.32 Å². The molecule has 0 bridgehead atoms. The second kappa shape index (κ2) is 7.64. The van der Waals surface area contributed by atoms with Gasteiger partial charge in [0.15, 0.2) is 0 Å². The van der Waals surface area contributed by atoms with E-state index in [2.05, 4.69) is 16.0 Å². The number of imidazole rings is 1. The lowest BCUT2D eigenvalue weighted by Crippen LogP contribution is -2.11. The van der Waals surface area contributed by atoms with Crippen LogP contribution in [0.15, 0.2) is 72.8 Å². The number of amides is 1. The average Bonchev–Trinajstić information content (AvgIpc) is 3.04. The summed E-state index contributed by atoms with van der Waals surface area (Å²) in [5.41, 5.74) is 4.45. The second-order valence-electron chi connectivity index (χ2n) is 6.73. The van der Waals surface area contributed by atoms with Gasteiger partial charge in [-0.05, 0) is 60.5 Å². The van der Waals surface area contributed by atoms with Gasteiger partial charge in [0.2, 0.25) is 0 Å². The topological polar surface area (TPSA) is 46.9 Å². The van der Waals surface area contributed by atoms with E-state index in [0.29, 0.717) is 11.3 Å². The molecule has 140 valence electrons. The Balaban J connectivity index is 1.39. The number of hydrogen-bond acceptors (Lipinski definition) is 2. The van der Waals surface area contributed by atoms with Crippen LogP contribution in [0.25, 0.3) is 11.0 Å². The fraction of sp³-hybridized carbons (Fsp3) is 0.130. The molecule has 1 N–H and O–H groups in total. The maximum Gasteiger partial charge on any atom is 0.255 e. The molecule has 0 aliphatic rings. The van der Waals surface area contributed by atoms with Crippen LogP contribution < -0.4 is 5.32 Å². The minimum Gasteiger partial charge on any atom is -0.331 e. The van der Waals surface area contributed by atoms with Crippen molar-refractivity contribution in [2.45, 2.75) is 12.8 Å². The summed E-state index contributed by atoms with van der Waals surface area (Å²) in [5, 5.41) is 2.83. The highest BCUT2D eigenvalue weighted by Crippen LogP contribution is 2.17. The third-order valence-electron chi connectivity index (χ3n) is 4.84. The van der Waals surface area contributed by atoms with E-state index >= 15 is 0 Å². The molecule has 1 amide bonds. The van der Waals surface area contributed by atoms with E-state index in [-0.39, 0.29) is 11.7 Å². The predicted molar refractivity (Wildman–Crippen MR) is 109 cm³/mol. The zero-order valence-corrected chi connectivity index (χ0v) is 15.5. The normalized spacial score (nSPS) is 10.9.